The summed E-state index contributed by atoms with van der Waals surface area (Å²) in [7, 11) is 0. The van der Waals surface area contributed by atoms with Crippen LogP contribution in [0.2, 0.25) is 0 Å². The van der Waals surface area contributed by atoms with Crippen molar-refractivity contribution in [1.82, 2.24) is 10.2 Å². The number of urea groups is 1. The second-order valence-electron chi connectivity index (χ2n) is 5.85. The predicted molar refractivity (Wildman–Crippen MR) is 75.5 cm³/mol. The summed E-state index contributed by atoms with van der Waals surface area (Å²) in [5, 5.41) is 11.8. The molecule has 1 heterocycles. The topological polar surface area (TPSA) is 78.9 Å². The number of hydrogen-bond acceptors (Lipinski definition) is 3. The molecule has 116 valence electrons. The molecule has 0 radical (unpaired) electrons. The normalized spacial score (nSPS) is 22.3. The zero-order valence-electron chi connectivity index (χ0n) is 12.6. The third kappa shape index (κ3) is 5.36. The number of amides is 2. The Labute approximate surface area is 120 Å². The Balaban J connectivity index is 2.16. The van der Waals surface area contributed by atoms with Crippen LogP contribution < -0.4 is 5.32 Å². The van der Waals surface area contributed by atoms with Crippen LogP contribution in [-0.4, -0.2) is 54.9 Å². The number of carbonyl (C=O) groups is 2. The summed E-state index contributed by atoms with van der Waals surface area (Å²) in [4.78, 5) is 24.4. The first-order valence-corrected chi connectivity index (χ1v) is 7.25. The Morgan fingerprint density at radius 1 is 1.35 bits per heavy atom. The van der Waals surface area contributed by atoms with Crippen LogP contribution in [0.4, 0.5) is 4.79 Å². The SMILES string of the molecule is CC(C)CCOCCNC(=O)N1CC(C)C(C(=O)O)C1. The van der Waals surface area contributed by atoms with Crippen LogP contribution in [0.3, 0.4) is 0 Å². The lowest BCUT2D eigenvalue weighted by molar-refractivity contribution is -0.142. The second kappa shape index (κ2) is 8.09. The van der Waals surface area contributed by atoms with Crippen molar-refractivity contribution in [2.24, 2.45) is 17.8 Å². The van der Waals surface area contributed by atoms with E-state index in [1.807, 2.05) is 6.92 Å². The Hall–Kier alpha value is -1.30. The fourth-order valence-corrected chi connectivity index (χ4v) is 2.22. The average Bonchev–Trinajstić information content (AvgIpc) is 2.75. The van der Waals surface area contributed by atoms with E-state index in [0.29, 0.717) is 32.2 Å². The number of hydrogen-bond donors (Lipinski definition) is 2. The first kappa shape index (κ1) is 16.8. The van der Waals surface area contributed by atoms with Gasteiger partial charge in [0.25, 0.3) is 0 Å². The van der Waals surface area contributed by atoms with Crippen molar-refractivity contribution in [3.05, 3.63) is 0 Å². The first-order valence-electron chi connectivity index (χ1n) is 7.25. The molecule has 0 bridgehead atoms. The highest BCUT2D eigenvalue weighted by Crippen LogP contribution is 2.22. The highest BCUT2D eigenvalue weighted by atomic mass is 16.5. The quantitative estimate of drug-likeness (QED) is 0.694. The molecule has 1 aliphatic rings. The lowest BCUT2D eigenvalue weighted by Crippen LogP contribution is -2.40. The van der Waals surface area contributed by atoms with Crippen LogP contribution >= 0.6 is 0 Å². The molecule has 1 fully saturated rings. The minimum absolute atomic E-state index is 0.000502. The summed E-state index contributed by atoms with van der Waals surface area (Å²) < 4.78 is 5.41. The van der Waals surface area contributed by atoms with Gasteiger partial charge in [0.1, 0.15) is 0 Å². The molecular weight excluding hydrogens is 260 g/mol. The largest absolute Gasteiger partial charge is 0.481 e. The molecule has 1 aliphatic heterocycles. The monoisotopic (exact) mass is 286 g/mol. The summed E-state index contributed by atoms with van der Waals surface area (Å²) in [6.45, 7) is 8.57. The molecule has 0 aromatic rings. The van der Waals surface area contributed by atoms with Gasteiger partial charge in [0, 0.05) is 26.2 Å². The van der Waals surface area contributed by atoms with Crippen molar-refractivity contribution >= 4 is 12.0 Å². The maximum atomic E-state index is 11.9. The zero-order valence-corrected chi connectivity index (χ0v) is 12.6. The highest BCUT2D eigenvalue weighted by Gasteiger charge is 2.36. The van der Waals surface area contributed by atoms with Crippen molar-refractivity contribution in [3.63, 3.8) is 0 Å². The molecule has 0 spiro atoms. The smallest absolute Gasteiger partial charge is 0.317 e. The molecule has 0 aromatic carbocycles. The summed E-state index contributed by atoms with van der Waals surface area (Å²) >= 11 is 0. The molecule has 2 unspecified atom stereocenters. The van der Waals surface area contributed by atoms with Gasteiger partial charge >= 0.3 is 12.0 Å². The van der Waals surface area contributed by atoms with Gasteiger partial charge in [-0.3, -0.25) is 4.79 Å². The summed E-state index contributed by atoms with van der Waals surface area (Å²) in [6.07, 6.45) is 1.01. The molecule has 0 aliphatic carbocycles. The Morgan fingerprint density at radius 3 is 2.60 bits per heavy atom. The van der Waals surface area contributed by atoms with E-state index in [-0.39, 0.29) is 18.5 Å². The van der Waals surface area contributed by atoms with E-state index in [4.69, 9.17) is 9.84 Å². The number of carbonyl (C=O) groups excluding carboxylic acids is 1. The lowest BCUT2D eigenvalue weighted by atomic mass is 9.99. The number of rotatable bonds is 7. The number of aliphatic carboxylic acids is 1. The van der Waals surface area contributed by atoms with Crippen molar-refractivity contribution in [2.75, 3.05) is 32.8 Å². The summed E-state index contributed by atoms with van der Waals surface area (Å²) in [5.74, 6) is -0.669. The lowest BCUT2D eigenvalue weighted by Gasteiger charge is -2.17. The first-order chi connectivity index (χ1) is 9.41. The highest BCUT2D eigenvalue weighted by molar-refractivity contribution is 5.77. The van der Waals surface area contributed by atoms with Crippen LogP contribution in [0.5, 0.6) is 0 Å². The number of nitrogens with one attached hydrogen (secondary N) is 1. The average molecular weight is 286 g/mol. The third-order valence-electron chi connectivity index (χ3n) is 3.58. The van der Waals surface area contributed by atoms with Gasteiger partial charge in [-0.25, -0.2) is 4.79 Å². The maximum absolute atomic E-state index is 11.9. The molecule has 6 nitrogen and oxygen atoms in total. The molecule has 2 atom stereocenters. The summed E-state index contributed by atoms with van der Waals surface area (Å²) in [6, 6.07) is -0.201. The van der Waals surface area contributed by atoms with E-state index in [1.54, 1.807) is 4.90 Å². The van der Waals surface area contributed by atoms with Gasteiger partial charge in [-0.2, -0.15) is 0 Å². The van der Waals surface area contributed by atoms with Crippen LogP contribution in [0.1, 0.15) is 27.2 Å². The second-order valence-corrected chi connectivity index (χ2v) is 5.85. The molecule has 0 aromatic heterocycles. The molecule has 6 heteroatoms. The fourth-order valence-electron chi connectivity index (χ4n) is 2.22. The van der Waals surface area contributed by atoms with Gasteiger partial charge in [0.05, 0.1) is 12.5 Å². The number of carboxylic acids is 1. The number of ether oxygens (including phenoxy) is 1. The Kier molecular flexibility index (Phi) is 6.78. The van der Waals surface area contributed by atoms with E-state index in [1.165, 1.54) is 0 Å². The Bertz CT molecular complexity index is 333. The van der Waals surface area contributed by atoms with Gasteiger partial charge in [0.15, 0.2) is 0 Å². The maximum Gasteiger partial charge on any atom is 0.317 e. The van der Waals surface area contributed by atoms with Crippen molar-refractivity contribution in [1.29, 1.82) is 0 Å². The summed E-state index contributed by atoms with van der Waals surface area (Å²) in [5.41, 5.74) is 0. The third-order valence-corrected chi connectivity index (χ3v) is 3.58. The molecule has 1 saturated heterocycles. The minimum atomic E-state index is -0.829. The minimum Gasteiger partial charge on any atom is -0.481 e. The van der Waals surface area contributed by atoms with Crippen molar-refractivity contribution in [3.8, 4) is 0 Å². The standard InChI is InChI=1S/C14H26N2O4/c1-10(2)4-6-20-7-5-15-14(19)16-8-11(3)12(9-16)13(17)18/h10-12H,4-9H2,1-3H3,(H,15,19)(H,17,18). The molecule has 2 amide bonds. The van der Waals surface area contributed by atoms with Gasteiger partial charge in [0.2, 0.25) is 0 Å². The van der Waals surface area contributed by atoms with Crippen LogP contribution in [0, 0.1) is 17.8 Å². The molecule has 20 heavy (non-hydrogen) atoms. The number of nitrogens with zero attached hydrogens (tertiary/aromatic N) is 1. The van der Waals surface area contributed by atoms with E-state index >= 15 is 0 Å². The van der Waals surface area contributed by atoms with Crippen molar-refractivity contribution in [2.45, 2.75) is 27.2 Å². The molecule has 0 saturated carbocycles. The van der Waals surface area contributed by atoms with Crippen LogP contribution in [-0.2, 0) is 9.53 Å². The van der Waals surface area contributed by atoms with E-state index in [9.17, 15) is 9.59 Å². The van der Waals surface area contributed by atoms with Gasteiger partial charge in [-0.05, 0) is 18.3 Å². The molecule has 1 rings (SSSR count). The van der Waals surface area contributed by atoms with E-state index in [2.05, 4.69) is 19.2 Å². The zero-order chi connectivity index (χ0) is 15.1. The predicted octanol–water partition coefficient (Wildman–Crippen LogP) is 1.41. The molecule has 2 N–H and O–H groups in total. The van der Waals surface area contributed by atoms with Gasteiger partial charge in [-0.1, -0.05) is 20.8 Å². The van der Waals surface area contributed by atoms with Gasteiger partial charge in [-0.15, -0.1) is 0 Å². The van der Waals surface area contributed by atoms with E-state index < -0.39 is 11.9 Å². The van der Waals surface area contributed by atoms with Gasteiger partial charge < -0.3 is 20.1 Å². The number of carboxylic acid groups (broad SMARTS) is 1. The fraction of sp³-hybridized carbons (Fsp3) is 0.857. The van der Waals surface area contributed by atoms with E-state index in [0.717, 1.165) is 6.42 Å². The van der Waals surface area contributed by atoms with Crippen LogP contribution in [0.25, 0.3) is 0 Å². The number of likely N-dealkylation sites (tertiary alicyclic amines) is 1. The Morgan fingerprint density at radius 2 is 2.05 bits per heavy atom. The molecular formula is C14H26N2O4. The van der Waals surface area contributed by atoms with Crippen molar-refractivity contribution < 1.29 is 19.4 Å². The van der Waals surface area contributed by atoms with Crippen LogP contribution in [0.15, 0.2) is 0 Å².